The fourth-order valence-corrected chi connectivity index (χ4v) is 5.03. The Balaban J connectivity index is 0.000000293. The number of carbonyl (C=O) groups excluding carboxylic acids is 1. The van der Waals surface area contributed by atoms with Crippen molar-refractivity contribution in [3.8, 4) is 0 Å². The SMILES string of the molecule is C/C=C(\c1c(C)ncnc1N1CCN(C(=O)OC(C)(C)C)C(C)C1)C1CC1.CCCc1cc(F)c(F)c(Cl)c1. The third-order valence-electron chi connectivity index (χ3n) is 6.77. The maximum atomic E-state index is 12.7. The molecule has 4 rings (SSSR count). The lowest BCUT2D eigenvalue weighted by molar-refractivity contribution is 0.0158. The predicted octanol–water partition coefficient (Wildman–Crippen LogP) is 7.61. The molecule has 1 saturated heterocycles. The number of piperazine rings is 1. The van der Waals surface area contributed by atoms with Crippen molar-refractivity contribution in [1.82, 2.24) is 14.9 Å². The number of halogens is 3. The van der Waals surface area contributed by atoms with E-state index in [1.54, 1.807) is 6.33 Å². The van der Waals surface area contributed by atoms with Gasteiger partial charge in [0.2, 0.25) is 0 Å². The maximum absolute atomic E-state index is 12.7. The van der Waals surface area contributed by atoms with Crippen LogP contribution in [-0.2, 0) is 11.2 Å². The van der Waals surface area contributed by atoms with Crippen LogP contribution in [0.25, 0.3) is 5.57 Å². The van der Waals surface area contributed by atoms with Gasteiger partial charge in [0.15, 0.2) is 11.6 Å². The van der Waals surface area contributed by atoms with Gasteiger partial charge in [0.1, 0.15) is 17.7 Å². The number of allylic oxidation sites excluding steroid dienone is 2. The molecule has 0 radical (unpaired) electrons. The van der Waals surface area contributed by atoms with Crippen molar-refractivity contribution in [1.29, 1.82) is 0 Å². The number of aryl methyl sites for hydroxylation is 2. The number of hydrogen-bond acceptors (Lipinski definition) is 5. The first-order chi connectivity index (χ1) is 18.4. The number of ether oxygens (including phenoxy) is 1. The Bertz CT molecular complexity index is 1170. The highest BCUT2D eigenvalue weighted by molar-refractivity contribution is 6.30. The van der Waals surface area contributed by atoms with Gasteiger partial charge in [-0.15, -0.1) is 0 Å². The van der Waals surface area contributed by atoms with E-state index in [4.69, 9.17) is 16.3 Å². The fourth-order valence-electron chi connectivity index (χ4n) is 4.80. The first-order valence-corrected chi connectivity index (χ1v) is 14.1. The monoisotopic (exact) mass is 562 g/mol. The van der Waals surface area contributed by atoms with Gasteiger partial charge in [0.05, 0.1) is 10.7 Å². The van der Waals surface area contributed by atoms with Gasteiger partial charge in [0.25, 0.3) is 0 Å². The summed E-state index contributed by atoms with van der Waals surface area (Å²) in [6.07, 6.45) is 7.73. The van der Waals surface area contributed by atoms with E-state index >= 15 is 0 Å². The van der Waals surface area contributed by atoms with Crippen molar-refractivity contribution >= 4 is 29.1 Å². The summed E-state index contributed by atoms with van der Waals surface area (Å²) in [5, 5.41) is -0.140. The van der Waals surface area contributed by atoms with E-state index in [2.05, 4.69) is 41.7 Å². The topological polar surface area (TPSA) is 58.6 Å². The van der Waals surface area contributed by atoms with Crippen molar-refractivity contribution in [2.45, 2.75) is 85.8 Å². The molecule has 1 aliphatic heterocycles. The number of hydrogen-bond donors (Lipinski definition) is 0. The zero-order chi connectivity index (χ0) is 28.9. The fraction of sp³-hybridized carbons (Fsp3) is 0.567. The summed E-state index contributed by atoms with van der Waals surface area (Å²) in [6, 6.07) is 2.71. The molecule has 1 aromatic carbocycles. The zero-order valence-corrected chi connectivity index (χ0v) is 24.9. The summed E-state index contributed by atoms with van der Waals surface area (Å²) in [4.78, 5) is 25.7. The van der Waals surface area contributed by atoms with Crippen molar-refractivity contribution in [2.75, 3.05) is 24.5 Å². The molecule has 1 unspecified atom stereocenters. The third-order valence-corrected chi connectivity index (χ3v) is 7.05. The van der Waals surface area contributed by atoms with Crippen LogP contribution in [0.1, 0.15) is 77.6 Å². The normalized spacial score (nSPS) is 18.0. The molecule has 1 aromatic heterocycles. The maximum Gasteiger partial charge on any atom is 0.410 e. The van der Waals surface area contributed by atoms with Crippen LogP contribution >= 0.6 is 11.6 Å². The summed E-state index contributed by atoms with van der Waals surface area (Å²) in [6.45, 7) is 16.0. The highest BCUT2D eigenvalue weighted by Crippen LogP contribution is 2.45. The van der Waals surface area contributed by atoms with Gasteiger partial charge in [-0.3, -0.25) is 0 Å². The van der Waals surface area contributed by atoms with Crippen LogP contribution in [0, 0.1) is 24.5 Å². The Morgan fingerprint density at radius 3 is 2.44 bits per heavy atom. The number of carbonyl (C=O) groups is 1. The molecule has 39 heavy (non-hydrogen) atoms. The minimum atomic E-state index is -0.962. The molecule has 2 aromatic rings. The van der Waals surface area contributed by atoms with Gasteiger partial charge in [-0.05, 0) is 90.0 Å². The molecule has 1 amide bonds. The van der Waals surface area contributed by atoms with E-state index in [-0.39, 0.29) is 17.2 Å². The molecule has 214 valence electrons. The second-order valence-corrected chi connectivity index (χ2v) is 11.7. The second-order valence-electron chi connectivity index (χ2n) is 11.3. The molecule has 2 fully saturated rings. The van der Waals surface area contributed by atoms with Crippen molar-refractivity contribution in [2.24, 2.45) is 5.92 Å². The number of aromatic nitrogens is 2. The first-order valence-electron chi connectivity index (χ1n) is 13.7. The summed E-state index contributed by atoms with van der Waals surface area (Å²) < 4.78 is 30.9. The number of benzene rings is 1. The zero-order valence-electron chi connectivity index (χ0n) is 24.2. The van der Waals surface area contributed by atoms with E-state index < -0.39 is 17.2 Å². The lowest BCUT2D eigenvalue weighted by Gasteiger charge is -2.41. The van der Waals surface area contributed by atoms with Crippen molar-refractivity contribution in [3.05, 3.63) is 58.0 Å². The molecule has 0 bridgehead atoms. The molecule has 2 aliphatic rings. The molecule has 1 atom stereocenters. The molecule has 0 N–H and O–H groups in total. The Morgan fingerprint density at radius 1 is 1.21 bits per heavy atom. The quantitative estimate of drug-likeness (QED) is 0.351. The lowest BCUT2D eigenvalue weighted by atomic mass is 9.99. The van der Waals surface area contributed by atoms with E-state index in [1.165, 1.54) is 36.1 Å². The number of nitrogens with zero attached hydrogens (tertiary/aromatic N) is 4. The minimum absolute atomic E-state index is 0.0618. The number of anilines is 1. The van der Waals surface area contributed by atoms with Crippen LogP contribution in [0.5, 0.6) is 0 Å². The Hall–Kier alpha value is -2.74. The Morgan fingerprint density at radius 2 is 1.90 bits per heavy atom. The van der Waals surface area contributed by atoms with Crippen LogP contribution in [0.4, 0.5) is 19.4 Å². The second kappa shape index (κ2) is 13.1. The average molecular weight is 563 g/mol. The summed E-state index contributed by atoms with van der Waals surface area (Å²) in [7, 11) is 0. The summed E-state index contributed by atoms with van der Waals surface area (Å²) in [5.41, 5.74) is 3.84. The highest BCUT2D eigenvalue weighted by atomic mass is 35.5. The number of amides is 1. The van der Waals surface area contributed by atoms with Crippen molar-refractivity contribution in [3.63, 3.8) is 0 Å². The molecular weight excluding hydrogens is 522 g/mol. The van der Waals surface area contributed by atoms with Crippen LogP contribution in [0.3, 0.4) is 0 Å². The van der Waals surface area contributed by atoms with E-state index in [0.717, 1.165) is 43.0 Å². The summed E-state index contributed by atoms with van der Waals surface area (Å²) >= 11 is 5.44. The van der Waals surface area contributed by atoms with Crippen LogP contribution in [-0.4, -0.2) is 52.2 Å². The van der Waals surface area contributed by atoms with Gasteiger partial charge >= 0.3 is 6.09 Å². The van der Waals surface area contributed by atoms with Gasteiger partial charge < -0.3 is 14.5 Å². The van der Waals surface area contributed by atoms with Crippen LogP contribution in [0.15, 0.2) is 24.5 Å². The van der Waals surface area contributed by atoms with Gasteiger partial charge in [0, 0.05) is 31.2 Å². The Kier molecular flexibility index (Phi) is 10.3. The third kappa shape index (κ3) is 8.13. The van der Waals surface area contributed by atoms with Gasteiger partial charge in [-0.1, -0.05) is 31.0 Å². The first kappa shape index (κ1) is 30.8. The molecule has 6 nitrogen and oxygen atoms in total. The van der Waals surface area contributed by atoms with Gasteiger partial charge in [-0.2, -0.15) is 0 Å². The summed E-state index contributed by atoms with van der Waals surface area (Å²) in [5.74, 6) is -0.195. The molecule has 1 aliphatic carbocycles. The highest BCUT2D eigenvalue weighted by Gasteiger charge is 2.34. The standard InChI is InChI=1S/C21H32N4O2.C9H9ClF2/c1-7-17(16-8-9-16)18-15(3)22-13-23-19(18)24-10-11-25(14(2)12-24)20(26)27-21(4,5)6;1-2-3-6-4-7(10)9(12)8(11)5-6/h7,13-14,16H,8-12H2,1-6H3;4-5H,2-3H2,1H3/b17-7-;. The molecule has 2 heterocycles. The molecular formula is C30H41ClF2N4O2. The van der Waals surface area contributed by atoms with E-state index in [9.17, 15) is 13.6 Å². The predicted molar refractivity (Wildman–Crippen MR) is 153 cm³/mol. The largest absolute Gasteiger partial charge is 0.444 e. The smallest absolute Gasteiger partial charge is 0.410 e. The van der Waals surface area contributed by atoms with Crippen LogP contribution < -0.4 is 4.90 Å². The average Bonchev–Trinajstić information content (AvgIpc) is 3.69. The minimum Gasteiger partial charge on any atom is -0.444 e. The molecule has 9 heteroatoms. The molecule has 0 spiro atoms. The molecule has 1 saturated carbocycles. The lowest BCUT2D eigenvalue weighted by Crippen LogP contribution is -2.55. The Labute approximate surface area is 236 Å². The van der Waals surface area contributed by atoms with E-state index in [0.29, 0.717) is 12.5 Å². The van der Waals surface area contributed by atoms with Gasteiger partial charge in [-0.25, -0.2) is 23.5 Å². The number of rotatable bonds is 5. The van der Waals surface area contributed by atoms with Crippen molar-refractivity contribution < 1.29 is 18.3 Å². The van der Waals surface area contributed by atoms with Crippen LogP contribution in [0.2, 0.25) is 5.02 Å². The van der Waals surface area contributed by atoms with E-state index in [1.807, 2.05) is 32.6 Å².